The van der Waals surface area contributed by atoms with Crippen LogP contribution >= 0.6 is 0 Å². The molecule has 0 aliphatic rings. The van der Waals surface area contributed by atoms with Gasteiger partial charge in [-0.1, -0.05) is 50.7 Å². The fourth-order valence-electron chi connectivity index (χ4n) is 2.25. The Morgan fingerprint density at radius 1 is 0.923 bits per heavy atom. The number of benzene rings is 2. The first-order valence-corrected chi connectivity index (χ1v) is 11.9. The smallest absolute Gasteiger partial charge is 0.343 e. The average molecular weight is 371 g/mol. The van der Waals surface area contributed by atoms with Crippen LogP contribution in [-0.2, 0) is 4.74 Å². The Hall–Kier alpha value is -2.40. The van der Waals surface area contributed by atoms with Crippen LogP contribution in [0.2, 0.25) is 13.1 Å². The lowest BCUT2D eigenvalue weighted by atomic mass is 10.1. The van der Waals surface area contributed by atoms with Crippen molar-refractivity contribution in [3.63, 3.8) is 0 Å². The van der Waals surface area contributed by atoms with Crippen molar-refractivity contribution in [3.05, 3.63) is 59.7 Å². The number of ether oxygens (including phenoxy) is 2. The van der Waals surface area contributed by atoms with Gasteiger partial charge in [0, 0.05) is 0 Å². The lowest BCUT2D eigenvalue weighted by molar-refractivity contribution is 0.0447. The minimum absolute atomic E-state index is 0.337. The molecule has 0 aliphatic carbocycles. The van der Waals surface area contributed by atoms with E-state index in [2.05, 4.69) is 20.0 Å². The third-order valence-electron chi connectivity index (χ3n) is 4.31. The predicted octanol–water partition coefficient (Wildman–Crippen LogP) is 3.80. The summed E-state index contributed by atoms with van der Waals surface area (Å²) >= 11 is 0. The molecule has 26 heavy (non-hydrogen) atoms. The van der Waals surface area contributed by atoms with E-state index in [1.165, 1.54) is 5.19 Å². The number of hydrogen-bond donors (Lipinski definition) is 0. The van der Waals surface area contributed by atoms with Crippen molar-refractivity contribution in [2.75, 3.05) is 6.61 Å². The number of hydrogen-bond acceptors (Lipinski definition) is 4. The molecule has 0 heterocycles. The highest BCUT2D eigenvalue weighted by Crippen LogP contribution is 2.15. The molecule has 1 unspecified atom stereocenters. The van der Waals surface area contributed by atoms with E-state index < -0.39 is 14.8 Å². The molecule has 0 aromatic heterocycles. The van der Waals surface area contributed by atoms with Gasteiger partial charge in [-0.25, -0.2) is 9.59 Å². The van der Waals surface area contributed by atoms with E-state index in [9.17, 15) is 9.59 Å². The van der Waals surface area contributed by atoms with Gasteiger partial charge in [0.1, 0.15) is 5.75 Å². The van der Waals surface area contributed by atoms with Crippen molar-refractivity contribution in [3.8, 4) is 5.75 Å². The second kappa shape index (κ2) is 9.34. The van der Waals surface area contributed by atoms with Crippen LogP contribution in [0.3, 0.4) is 0 Å². The fourth-order valence-corrected chi connectivity index (χ4v) is 3.21. The Kier molecular flexibility index (Phi) is 7.15. The van der Waals surface area contributed by atoms with Crippen LogP contribution in [0.1, 0.15) is 41.0 Å². The van der Waals surface area contributed by atoms with Crippen LogP contribution in [-0.4, -0.2) is 27.3 Å². The van der Waals surface area contributed by atoms with Crippen LogP contribution in [0, 0.1) is 5.92 Å². The highest BCUT2D eigenvalue weighted by molar-refractivity contribution is 6.70. The second-order valence-corrected chi connectivity index (χ2v) is 9.78. The molecule has 1 atom stereocenters. The van der Waals surface area contributed by atoms with Crippen LogP contribution in [0.4, 0.5) is 0 Å². The zero-order chi connectivity index (χ0) is 19.1. The largest absolute Gasteiger partial charge is 0.462 e. The number of carbonyl (C=O) groups is 2. The molecule has 0 spiro atoms. The van der Waals surface area contributed by atoms with Gasteiger partial charge in [-0.3, -0.25) is 0 Å². The Bertz CT molecular complexity index is 736. The van der Waals surface area contributed by atoms with Crippen molar-refractivity contribution in [1.82, 2.24) is 0 Å². The number of esters is 2. The van der Waals surface area contributed by atoms with E-state index >= 15 is 0 Å². The SMILES string of the molecule is CCC(C)COC(=O)c1ccc(OC(=O)c2ccc([SiH](C)C)cc2)cc1. The molecule has 2 aromatic rings. The summed E-state index contributed by atoms with van der Waals surface area (Å²) < 4.78 is 10.6. The van der Waals surface area contributed by atoms with Gasteiger partial charge in [0.25, 0.3) is 0 Å². The lowest BCUT2D eigenvalue weighted by Gasteiger charge is -2.10. The third kappa shape index (κ3) is 5.56. The Labute approximate surface area is 156 Å². The van der Waals surface area contributed by atoms with E-state index in [0.717, 1.165) is 6.42 Å². The third-order valence-corrected chi connectivity index (χ3v) is 6.03. The van der Waals surface area contributed by atoms with Crippen molar-refractivity contribution in [2.24, 2.45) is 5.92 Å². The summed E-state index contributed by atoms with van der Waals surface area (Å²) in [5.74, 6) is -0.0367. The van der Waals surface area contributed by atoms with Gasteiger partial charge in [-0.2, -0.15) is 0 Å². The summed E-state index contributed by atoms with van der Waals surface area (Å²) in [4.78, 5) is 24.2. The highest BCUT2D eigenvalue weighted by Gasteiger charge is 2.12. The minimum Gasteiger partial charge on any atom is -0.462 e. The maximum Gasteiger partial charge on any atom is 0.343 e. The molecule has 2 aromatic carbocycles. The summed E-state index contributed by atoms with van der Waals surface area (Å²) in [6.45, 7) is 8.97. The maximum absolute atomic E-state index is 12.2. The molecule has 0 radical (unpaired) electrons. The zero-order valence-electron chi connectivity index (χ0n) is 15.8. The van der Waals surface area contributed by atoms with Crippen molar-refractivity contribution in [2.45, 2.75) is 33.4 Å². The van der Waals surface area contributed by atoms with Crippen molar-refractivity contribution < 1.29 is 19.1 Å². The quantitative estimate of drug-likeness (QED) is 0.423. The van der Waals surface area contributed by atoms with Gasteiger partial charge in [0.15, 0.2) is 0 Å². The van der Waals surface area contributed by atoms with Gasteiger partial charge in [-0.15, -0.1) is 0 Å². The van der Waals surface area contributed by atoms with Gasteiger partial charge >= 0.3 is 11.9 Å². The van der Waals surface area contributed by atoms with E-state index in [1.54, 1.807) is 36.4 Å². The van der Waals surface area contributed by atoms with Gasteiger partial charge < -0.3 is 9.47 Å². The van der Waals surface area contributed by atoms with Gasteiger partial charge in [0.05, 0.1) is 26.5 Å². The lowest BCUT2D eigenvalue weighted by Crippen LogP contribution is -2.22. The monoisotopic (exact) mass is 370 g/mol. The van der Waals surface area contributed by atoms with Crippen LogP contribution < -0.4 is 9.92 Å². The van der Waals surface area contributed by atoms with Crippen molar-refractivity contribution in [1.29, 1.82) is 0 Å². The molecule has 0 saturated carbocycles. The van der Waals surface area contributed by atoms with Crippen LogP contribution in [0.5, 0.6) is 5.75 Å². The average Bonchev–Trinajstić information content (AvgIpc) is 2.66. The number of rotatable bonds is 7. The molecule has 138 valence electrons. The van der Waals surface area contributed by atoms with Crippen LogP contribution in [0.25, 0.3) is 0 Å². The first-order valence-electron chi connectivity index (χ1n) is 9.00. The molecule has 5 heteroatoms. The Morgan fingerprint density at radius 3 is 2.00 bits per heavy atom. The molecule has 0 fully saturated rings. The molecule has 2 rings (SSSR count). The molecule has 4 nitrogen and oxygen atoms in total. The molecule has 0 bridgehead atoms. The van der Waals surface area contributed by atoms with E-state index in [0.29, 0.717) is 29.4 Å². The van der Waals surface area contributed by atoms with Crippen LogP contribution in [0.15, 0.2) is 48.5 Å². The standard InChI is InChI=1S/C21H26O4Si/c1-5-15(2)14-24-20(22)16-6-10-18(11-7-16)25-21(23)17-8-12-19(13-9-17)26(3)4/h6-13,15,26H,5,14H2,1-4H3. The molecular weight excluding hydrogens is 344 g/mol. The van der Waals surface area contributed by atoms with Gasteiger partial charge in [-0.05, 0) is 42.3 Å². The van der Waals surface area contributed by atoms with E-state index in [4.69, 9.17) is 9.47 Å². The normalized spacial score (nSPS) is 11.9. The van der Waals surface area contributed by atoms with E-state index in [-0.39, 0.29) is 5.97 Å². The molecular formula is C21H26O4Si. The minimum atomic E-state index is -0.876. The second-order valence-electron chi connectivity index (χ2n) is 6.80. The number of carbonyl (C=O) groups excluding carboxylic acids is 2. The van der Waals surface area contributed by atoms with Gasteiger partial charge in [0.2, 0.25) is 0 Å². The molecule has 0 saturated heterocycles. The van der Waals surface area contributed by atoms with Crippen molar-refractivity contribution >= 4 is 25.9 Å². The molecule has 0 aliphatic heterocycles. The summed E-state index contributed by atoms with van der Waals surface area (Å²) in [6, 6.07) is 14.0. The Morgan fingerprint density at radius 2 is 1.46 bits per heavy atom. The zero-order valence-corrected chi connectivity index (χ0v) is 17.0. The van der Waals surface area contributed by atoms with E-state index in [1.807, 2.05) is 19.1 Å². The first kappa shape index (κ1) is 19.9. The fraction of sp³-hybridized carbons (Fsp3) is 0.333. The topological polar surface area (TPSA) is 52.6 Å². The predicted molar refractivity (Wildman–Crippen MR) is 106 cm³/mol. The molecule has 0 N–H and O–H groups in total. The summed E-state index contributed by atoms with van der Waals surface area (Å²) in [5, 5.41) is 1.31. The molecule has 0 amide bonds. The Balaban J connectivity index is 1.95. The highest BCUT2D eigenvalue weighted by atomic mass is 28.3. The summed E-state index contributed by atoms with van der Waals surface area (Å²) in [5.41, 5.74) is 0.958. The summed E-state index contributed by atoms with van der Waals surface area (Å²) in [6.07, 6.45) is 0.961. The maximum atomic E-state index is 12.2. The summed E-state index contributed by atoms with van der Waals surface area (Å²) in [7, 11) is -0.876. The first-order chi connectivity index (χ1) is 12.4.